The molecule has 38 heavy (non-hydrogen) atoms. The number of fused-ring (bicyclic) bond motifs is 1. The van der Waals surface area contributed by atoms with Crippen LogP contribution in [-0.2, 0) is 4.79 Å². The maximum atomic E-state index is 15.3. The number of aryl methyl sites for hydroxylation is 1. The van der Waals surface area contributed by atoms with Crippen molar-refractivity contribution < 1.29 is 18.7 Å². The van der Waals surface area contributed by atoms with Crippen molar-refractivity contribution in [3.63, 3.8) is 0 Å². The lowest BCUT2D eigenvalue weighted by molar-refractivity contribution is -0.111. The number of hydrogen-bond acceptors (Lipinski definition) is 7. The van der Waals surface area contributed by atoms with Crippen LogP contribution in [0, 0.1) is 12.7 Å². The summed E-state index contributed by atoms with van der Waals surface area (Å²) in [5.74, 6) is 0.0519. The largest absolute Gasteiger partial charge is 0.496 e. The zero-order chi connectivity index (χ0) is 26.8. The molecule has 5 rings (SSSR count). The molecule has 0 fully saturated rings. The van der Waals surface area contributed by atoms with E-state index in [1.807, 2.05) is 19.1 Å². The number of anilines is 2. The van der Waals surface area contributed by atoms with E-state index in [4.69, 9.17) is 15.2 Å². The van der Waals surface area contributed by atoms with E-state index < -0.39 is 5.82 Å². The first-order chi connectivity index (χ1) is 18.4. The number of amides is 1. The van der Waals surface area contributed by atoms with Gasteiger partial charge < -0.3 is 25.1 Å². The summed E-state index contributed by atoms with van der Waals surface area (Å²) in [7, 11) is 1.52. The molecule has 3 N–H and O–H groups in total. The van der Waals surface area contributed by atoms with Crippen LogP contribution in [0.2, 0.25) is 0 Å². The summed E-state index contributed by atoms with van der Waals surface area (Å²) >= 11 is 0. The molecular formula is C28H23FN6O3. The predicted octanol–water partition coefficient (Wildman–Crippen LogP) is 5.44. The summed E-state index contributed by atoms with van der Waals surface area (Å²) in [5.41, 5.74) is 10.3. The molecule has 0 saturated carbocycles. The Bertz CT molecular complexity index is 1700. The van der Waals surface area contributed by atoms with E-state index in [-0.39, 0.29) is 23.4 Å². The molecule has 2 aromatic carbocycles. The van der Waals surface area contributed by atoms with Crippen LogP contribution in [0.5, 0.6) is 17.4 Å². The molecule has 0 saturated heterocycles. The molecule has 5 aromatic rings. The van der Waals surface area contributed by atoms with Crippen molar-refractivity contribution in [1.82, 2.24) is 19.5 Å². The second-order valence-corrected chi connectivity index (χ2v) is 8.30. The van der Waals surface area contributed by atoms with Gasteiger partial charge in [-0.05, 0) is 49.4 Å². The normalized spacial score (nSPS) is 10.8. The average molecular weight is 511 g/mol. The molecular weight excluding hydrogens is 487 g/mol. The van der Waals surface area contributed by atoms with Gasteiger partial charge in [0.05, 0.1) is 18.3 Å². The highest BCUT2D eigenvalue weighted by Gasteiger charge is 2.20. The molecule has 10 heteroatoms. The maximum Gasteiger partial charge on any atom is 0.247 e. The number of rotatable bonds is 7. The van der Waals surface area contributed by atoms with Crippen LogP contribution in [0.4, 0.5) is 15.9 Å². The van der Waals surface area contributed by atoms with E-state index in [0.717, 1.165) is 5.69 Å². The lowest BCUT2D eigenvalue weighted by atomic mass is 10.1. The molecule has 190 valence electrons. The Morgan fingerprint density at radius 3 is 2.68 bits per heavy atom. The number of aromatic nitrogens is 4. The quantitative estimate of drug-likeness (QED) is 0.280. The standard InChI is InChI=1S/C28H23FN6O3/c1-4-25(36)34-17-8-10-19(24(12-17)37-3)22-14-21-27(28(30)32-15-31-21)35(22)18-9-11-23(20(29)13-18)38-26-7-5-6-16(2)33-26/h4-15H,1H2,2-3H3,(H,34,36)(H2,30,31,32). The Kier molecular flexibility index (Phi) is 6.44. The third-order valence-electron chi connectivity index (χ3n) is 5.80. The number of carbonyl (C=O) groups is 1. The Morgan fingerprint density at radius 1 is 1.11 bits per heavy atom. The highest BCUT2D eigenvalue weighted by atomic mass is 19.1. The van der Waals surface area contributed by atoms with Gasteiger partial charge in [-0.3, -0.25) is 4.79 Å². The number of hydrogen-bond donors (Lipinski definition) is 2. The number of nitrogens with one attached hydrogen (secondary N) is 1. The van der Waals surface area contributed by atoms with E-state index >= 15 is 4.39 Å². The van der Waals surface area contributed by atoms with Gasteiger partial charge in [-0.2, -0.15) is 0 Å². The fourth-order valence-electron chi connectivity index (χ4n) is 4.10. The van der Waals surface area contributed by atoms with Crippen molar-refractivity contribution in [1.29, 1.82) is 0 Å². The lowest BCUT2D eigenvalue weighted by Gasteiger charge is -2.16. The van der Waals surface area contributed by atoms with Crippen molar-refractivity contribution >= 4 is 28.4 Å². The van der Waals surface area contributed by atoms with Gasteiger partial charge in [0, 0.05) is 40.8 Å². The topological polar surface area (TPSA) is 117 Å². The zero-order valence-corrected chi connectivity index (χ0v) is 20.6. The number of nitrogen functional groups attached to an aromatic ring is 1. The van der Waals surface area contributed by atoms with Gasteiger partial charge in [0.2, 0.25) is 11.8 Å². The van der Waals surface area contributed by atoms with Crippen molar-refractivity contribution in [2.45, 2.75) is 6.92 Å². The molecule has 0 aliphatic heterocycles. The van der Waals surface area contributed by atoms with E-state index in [0.29, 0.717) is 39.4 Å². The average Bonchev–Trinajstić information content (AvgIpc) is 3.30. The van der Waals surface area contributed by atoms with E-state index in [2.05, 4.69) is 26.8 Å². The smallest absolute Gasteiger partial charge is 0.247 e. The molecule has 9 nitrogen and oxygen atoms in total. The molecule has 3 heterocycles. The van der Waals surface area contributed by atoms with E-state index in [1.165, 1.54) is 31.6 Å². The fraction of sp³-hybridized carbons (Fsp3) is 0.0714. The first kappa shape index (κ1) is 24.4. The lowest BCUT2D eigenvalue weighted by Crippen LogP contribution is -2.07. The van der Waals surface area contributed by atoms with Gasteiger partial charge in [0.15, 0.2) is 17.4 Å². The van der Waals surface area contributed by atoms with Crippen molar-refractivity contribution in [2.24, 2.45) is 0 Å². The van der Waals surface area contributed by atoms with Gasteiger partial charge >= 0.3 is 0 Å². The number of methoxy groups -OCH3 is 1. The zero-order valence-electron chi connectivity index (χ0n) is 20.6. The second-order valence-electron chi connectivity index (χ2n) is 8.30. The molecule has 0 radical (unpaired) electrons. The molecule has 0 spiro atoms. The van der Waals surface area contributed by atoms with E-state index in [9.17, 15) is 4.79 Å². The number of pyridine rings is 1. The third kappa shape index (κ3) is 4.62. The predicted molar refractivity (Wildman–Crippen MR) is 143 cm³/mol. The monoisotopic (exact) mass is 510 g/mol. The van der Waals surface area contributed by atoms with Crippen LogP contribution in [-0.4, -0.2) is 32.5 Å². The third-order valence-corrected chi connectivity index (χ3v) is 5.80. The Morgan fingerprint density at radius 2 is 1.95 bits per heavy atom. The van der Waals surface area contributed by atoms with Gasteiger partial charge in [-0.25, -0.2) is 19.3 Å². The minimum atomic E-state index is -0.594. The summed E-state index contributed by atoms with van der Waals surface area (Å²) in [6, 6.07) is 16.8. The SMILES string of the molecule is C=CC(=O)Nc1ccc(-c2cc3ncnc(N)c3n2-c2ccc(Oc3cccc(C)n3)c(F)c2)c(OC)c1. The summed E-state index contributed by atoms with van der Waals surface area (Å²) < 4.78 is 28.4. The Hall–Kier alpha value is -5.25. The molecule has 0 bridgehead atoms. The van der Waals surface area contributed by atoms with Crippen LogP contribution in [0.15, 0.2) is 79.6 Å². The number of ether oxygens (including phenoxy) is 2. The number of carbonyl (C=O) groups excluding carboxylic acids is 1. The minimum Gasteiger partial charge on any atom is -0.496 e. The summed E-state index contributed by atoms with van der Waals surface area (Å²) in [4.78, 5) is 24.5. The number of benzene rings is 2. The molecule has 0 atom stereocenters. The van der Waals surface area contributed by atoms with Crippen molar-refractivity contribution in [3.05, 3.63) is 91.2 Å². The van der Waals surface area contributed by atoms with Crippen LogP contribution < -0.4 is 20.5 Å². The number of nitrogens with zero attached hydrogens (tertiary/aromatic N) is 4. The van der Waals surface area contributed by atoms with Crippen molar-refractivity contribution in [3.8, 4) is 34.3 Å². The van der Waals surface area contributed by atoms with Crippen LogP contribution >= 0.6 is 0 Å². The molecule has 3 aromatic heterocycles. The van der Waals surface area contributed by atoms with Crippen molar-refractivity contribution in [2.75, 3.05) is 18.2 Å². The minimum absolute atomic E-state index is 0.0222. The van der Waals surface area contributed by atoms with Crippen LogP contribution in [0.1, 0.15) is 5.69 Å². The molecule has 0 aliphatic rings. The Balaban J connectivity index is 1.64. The first-order valence-electron chi connectivity index (χ1n) is 11.5. The van der Waals surface area contributed by atoms with Crippen LogP contribution in [0.3, 0.4) is 0 Å². The maximum absolute atomic E-state index is 15.3. The summed E-state index contributed by atoms with van der Waals surface area (Å²) in [6.45, 7) is 5.29. The Labute approximate surface area is 217 Å². The number of nitrogens with two attached hydrogens (primary N) is 1. The van der Waals surface area contributed by atoms with E-state index in [1.54, 1.807) is 41.0 Å². The molecule has 1 amide bonds. The van der Waals surface area contributed by atoms with Gasteiger partial charge in [0.25, 0.3) is 0 Å². The van der Waals surface area contributed by atoms with Gasteiger partial charge in [-0.15, -0.1) is 0 Å². The highest BCUT2D eigenvalue weighted by Crippen LogP contribution is 2.39. The molecule has 0 aliphatic carbocycles. The first-order valence-corrected chi connectivity index (χ1v) is 11.5. The summed E-state index contributed by atoms with van der Waals surface area (Å²) in [5, 5.41) is 2.71. The molecule has 0 unspecified atom stereocenters. The van der Waals surface area contributed by atoms with Crippen LogP contribution in [0.25, 0.3) is 28.0 Å². The highest BCUT2D eigenvalue weighted by molar-refractivity contribution is 5.99. The second kappa shape index (κ2) is 10.0. The van der Waals surface area contributed by atoms with Gasteiger partial charge in [-0.1, -0.05) is 12.6 Å². The van der Waals surface area contributed by atoms with Gasteiger partial charge in [0.1, 0.15) is 17.6 Å². The number of halogens is 1. The summed E-state index contributed by atoms with van der Waals surface area (Å²) in [6.07, 6.45) is 2.54. The fourth-order valence-corrected chi connectivity index (χ4v) is 4.10.